The van der Waals surface area contributed by atoms with Crippen LogP contribution in [0, 0.1) is 6.92 Å². The zero-order valence-corrected chi connectivity index (χ0v) is 14.7. The van der Waals surface area contributed by atoms with Gasteiger partial charge in [0, 0.05) is 31.4 Å². The predicted molar refractivity (Wildman–Crippen MR) is 98.0 cm³/mol. The number of hydrogen-bond donors (Lipinski definition) is 2. The van der Waals surface area contributed by atoms with Gasteiger partial charge >= 0.3 is 0 Å². The first-order valence-corrected chi connectivity index (χ1v) is 8.71. The molecule has 132 valence electrons. The Bertz CT molecular complexity index is 795. The zero-order chi connectivity index (χ0) is 17.8. The molecule has 1 amide bonds. The minimum Gasteiger partial charge on any atom is -0.359 e. The molecule has 0 aliphatic carbocycles. The van der Waals surface area contributed by atoms with Gasteiger partial charge < -0.3 is 10.2 Å². The lowest BCUT2D eigenvalue weighted by atomic mass is 9.91. The number of rotatable bonds is 5. The standard InChI is InChI=1S/C19H24N4O2/c1-13-15(18(25)22-19(21-13)23-10-6-7-11-23)12-16(17(24)20-2)14-8-4-3-5-9-14/h3-5,8-9,16H,6-7,10-12H2,1-2H3,(H,20,24)(H,21,22,25). The molecule has 6 heteroatoms. The van der Waals surface area contributed by atoms with Crippen LogP contribution in [0.4, 0.5) is 5.95 Å². The first-order chi connectivity index (χ1) is 12.1. The third-order valence-corrected chi connectivity index (χ3v) is 4.79. The van der Waals surface area contributed by atoms with E-state index < -0.39 is 5.92 Å². The summed E-state index contributed by atoms with van der Waals surface area (Å²) in [5.74, 6) is 0.124. The highest BCUT2D eigenvalue weighted by molar-refractivity contribution is 5.83. The van der Waals surface area contributed by atoms with Crippen molar-refractivity contribution < 1.29 is 4.79 Å². The van der Waals surface area contributed by atoms with Gasteiger partial charge in [0.25, 0.3) is 5.56 Å². The maximum atomic E-state index is 12.6. The van der Waals surface area contributed by atoms with Gasteiger partial charge in [-0.3, -0.25) is 14.6 Å². The Morgan fingerprint density at radius 2 is 1.96 bits per heavy atom. The predicted octanol–water partition coefficient (Wildman–Crippen LogP) is 1.75. The third-order valence-electron chi connectivity index (χ3n) is 4.79. The third kappa shape index (κ3) is 3.73. The number of nitrogens with zero attached hydrogens (tertiary/aromatic N) is 2. The van der Waals surface area contributed by atoms with Crippen LogP contribution in [0.15, 0.2) is 35.1 Å². The molecular weight excluding hydrogens is 316 g/mol. The molecule has 1 aliphatic rings. The number of nitrogens with one attached hydrogen (secondary N) is 2. The average Bonchev–Trinajstić information content (AvgIpc) is 3.16. The second-order valence-corrected chi connectivity index (χ2v) is 6.43. The summed E-state index contributed by atoms with van der Waals surface area (Å²) >= 11 is 0. The molecule has 1 aromatic carbocycles. The molecule has 0 spiro atoms. The van der Waals surface area contributed by atoms with Gasteiger partial charge in [-0.2, -0.15) is 0 Å². The Morgan fingerprint density at radius 3 is 2.56 bits per heavy atom. The van der Waals surface area contributed by atoms with Crippen molar-refractivity contribution in [1.29, 1.82) is 0 Å². The number of aromatic nitrogens is 2. The van der Waals surface area contributed by atoms with Gasteiger partial charge in [0.15, 0.2) is 0 Å². The van der Waals surface area contributed by atoms with Crippen molar-refractivity contribution in [3.63, 3.8) is 0 Å². The monoisotopic (exact) mass is 340 g/mol. The summed E-state index contributed by atoms with van der Waals surface area (Å²) in [7, 11) is 1.62. The van der Waals surface area contributed by atoms with Gasteiger partial charge in [-0.15, -0.1) is 0 Å². The molecular formula is C19H24N4O2. The fraction of sp³-hybridized carbons (Fsp3) is 0.421. The van der Waals surface area contributed by atoms with E-state index in [2.05, 4.69) is 20.2 Å². The first-order valence-electron chi connectivity index (χ1n) is 8.71. The molecule has 0 bridgehead atoms. The lowest BCUT2D eigenvalue weighted by Crippen LogP contribution is -2.31. The van der Waals surface area contributed by atoms with Crippen molar-refractivity contribution in [3.8, 4) is 0 Å². The molecule has 6 nitrogen and oxygen atoms in total. The number of aryl methyl sites for hydroxylation is 1. The second kappa shape index (κ2) is 7.51. The van der Waals surface area contributed by atoms with E-state index in [0.29, 0.717) is 23.6 Å². The molecule has 1 unspecified atom stereocenters. The summed E-state index contributed by atoms with van der Waals surface area (Å²) < 4.78 is 0. The topological polar surface area (TPSA) is 78.1 Å². The van der Waals surface area contributed by atoms with E-state index in [0.717, 1.165) is 31.5 Å². The molecule has 2 heterocycles. The van der Waals surface area contributed by atoms with Crippen LogP contribution >= 0.6 is 0 Å². The number of benzene rings is 1. The van der Waals surface area contributed by atoms with Crippen molar-refractivity contribution in [2.24, 2.45) is 0 Å². The zero-order valence-electron chi connectivity index (χ0n) is 14.7. The molecule has 2 aromatic rings. The molecule has 0 radical (unpaired) electrons. The number of carbonyl (C=O) groups is 1. The molecule has 1 saturated heterocycles. The Labute approximate surface area is 147 Å². The van der Waals surface area contributed by atoms with E-state index in [1.165, 1.54) is 0 Å². The van der Waals surface area contributed by atoms with E-state index in [4.69, 9.17) is 0 Å². The maximum Gasteiger partial charge on any atom is 0.255 e. The highest BCUT2D eigenvalue weighted by atomic mass is 16.2. The fourth-order valence-corrected chi connectivity index (χ4v) is 3.34. The Morgan fingerprint density at radius 1 is 1.28 bits per heavy atom. The van der Waals surface area contributed by atoms with Crippen molar-refractivity contribution in [2.75, 3.05) is 25.0 Å². The number of amides is 1. The average molecular weight is 340 g/mol. The van der Waals surface area contributed by atoms with Crippen LogP contribution in [0.2, 0.25) is 0 Å². The SMILES string of the molecule is CNC(=O)C(Cc1c(C)nc(N2CCCC2)[nH]c1=O)c1ccccc1. The minimum absolute atomic E-state index is 0.103. The molecule has 1 aliphatic heterocycles. The number of anilines is 1. The van der Waals surface area contributed by atoms with Crippen LogP contribution in [-0.4, -0.2) is 36.0 Å². The van der Waals surface area contributed by atoms with Crippen LogP contribution in [0.3, 0.4) is 0 Å². The Balaban J connectivity index is 1.92. The summed E-state index contributed by atoms with van der Waals surface area (Å²) in [4.78, 5) is 34.6. The van der Waals surface area contributed by atoms with E-state index in [-0.39, 0.29) is 11.5 Å². The first kappa shape index (κ1) is 17.2. The number of aromatic amines is 1. The maximum absolute atomic E-state index is 12.6. The molecule has 2 N–H and O–H groups in total. The van der Waals surface area contributed by atoms with Crippen LogP contribution in [-0.2, 0) is 11.2 Å². The number of likely N-dealkylation sites (N-methyl/N-ethyl adjacent to an activating group) is 1. The molecule has 3 rings (SSSR count). The summed E-state index contributed by atoms with van der Waals surface area (Å²) in [5, 5.41) is 2.70. The minimum atomic E-state index is -0.412. The van der Waals surface area contributed by atoms with Crippen molar-refractivity contribution in [2.45, 2.75) is 32.1 Å². The molecule has 1 fully saturated rings. The second-order valence-electron chi connectivity index (χ2n) is 6.43. The van der Waals surface area contributed by atoms with Crippen LogP contribution in [0.5, 0.6) is 0 Å². The molecule has 1 atom stereocenters. The van der Waals surface area contributed by atoms with Crippen molar-refractivity contribution in [1.82, 2.24) is 15.3 Å². The van der Waals surface area contributed by atoms with Crippen molar-refractivity contribution >= 4 is 11.9 Å². The van der Waals surface area contributed by atoms with Gasteiger partial charge in [-0.1, -0.05) is 30.3 Å². The quantitative estimate of drug-likeness (QED) is 0.869. The fourth-order valence-electron chi connectivity index (χ4n) is 3.34. The van der Waals surface area contributed by atoms with Gasteiger partial charge in [0.05, 0.1) is 5.92 Å². The van der Waals surface area contributed by atoms with Gasteiger partial charge in [-0.05, 0) is 31.7 Å². The van der Waals surface area contributed by atoms with Crippen LogP contribution in [0.25, 0.3) is 0 Å². The van der Waals surface area contributed by atoms with E-state index in [9.17, 15) is 9.59 Å². The van der Waals surface area contributed by atoms with Gasteiger partial charge in [-0.25, -0.2) is 4.98 Å². The van der Waals surface area contributed by atoms with E-state index >= 15 is 0 Å². The van der Waals surface area contributed by atoms with Gasteiger partial charge in [0.2, 0.25) is 11.9 Å². The highest BCUT2D eigenvalue weighted by Gasteiger charge is 2.24. The molecule has 1 aromatic heterocycles. The Kier molecular flexibility index (Phi) is 5.16. The lowest BCUT2D eigenvalue weighted by molar-refractivity contribution is -0.122. The summed E-state index contributed by atoms with van der Waals surface area (Å²) in [5.41, 5.74) is 2.00. The van der Waals surface area contributed by atoms with Gasteiger partial charge in [0.1, 0.15) is 0 Å². The van der Waals surface area contributed by atoms with E-state index in [1.807, 2.05) is 37.3 Å². The van der Waals surface area contributed by atoms with Crippen LogP contribution in [0.1, 0.15) is 35.6 Å². The number of hydrogen-bond acceptors (Lipinski definition) is 4. The van der Waals surface area contributed by atoms with Crippen molar-refractivity contribution in [3.05, 3.63) is 57.5 Å². The lowest BCUT2D eigenvalue weighted by Gasteiger charge is -2.19. The van der Waals surface area contributed by atoms with Crippen LogP contribution < -0.4 is 15.8 Å². The summed E-state index contributed by atoms with van der Waals surface area (Å²) in [6, 6.07) is 9.54. The smallest absolute Gasteiger partial charge is 0.255 e. The molecule has 25 heavy (non-hydrogen) atoms. The Hall–Kier alpha value is -2.63. The number of carbonyl (C=O) groups excluding carboxylic acids is 1. The highest BCUT2D eigenvalue weighted by Crippen LogP contribution is 2.22. The summed E-state index contributed by atoms with van der Waals surface area (Å²) in [6.45, 7) is 3.69. The number of H-pyrrole nitrogens is 1. The largest absolute Gasteiger partial charge is 0.359 e. The summed E-state index contributed by atoms with van der Waals surface area (Å²) in [6.07, 6.45) is 2.58. The molecule has 0 saturated carbocycles. The normalized spacial score (nSPS) is 15.2. The van der Waals surface area contributed by atoms with E-state index in [1.54, 1.807) is 7.05 Å².